The van der Waals surface area contributed by atoms with Gasteiger partial charge >= 0.3 is 6.18 Å². The number of nitrogens with one attached hydrogen (secondary N) is 1. The molecule has 0 bridgehead atoms. The van der Waals surface area contributed by atoms with E-state index < -0.39 is 57.9 Å². The third-order valence-electron chi connectivity index (χ3n) is 4.46. The van der Waals surface area contributed by atoms with Crippen molar-refractivity contribution in [1.82, 2.24) is 4.98 Å². The normalized spacial score (nSPS) is 11.7. The summed E-state index contributed by atoms with van der Waals surface area (Å²) >= 11 is 0. The molecule has 0 saturated carbocycles. The highest BCUT2D eigenvalue weighted by atomic mass is 19.4. The van der Waals surface area contributed by atoms with Gasteiger partial charge in [-0.2, -0.15) is 13.2 Å². The highest BCUT2D eigenvalue weighted by molar-refractivity contribution is 6.06. The van der Waals surface area contributed by atoms with Crippen molar-refractivity contribution < 1.29 is 40.7 Å². The number of pyridine rings is 1. The Labute approximate surface area is 188 Å². The molecule has 0 aliphatic rings. The van der Waals surface area contributed by atoms with Crippen LogP contribution >= 0.6 is 0 Å². The molecule has 3 aromatic rings. The Hall–Kier alpha value is -4.09. The van der Waals surface area contributed by atoms with E-state index in [-0.39, 0.29) is 11.4 Å². The molecule has 3 rings (SSSR count). The number of hydrogen-bond acceptors (Lipinski definition) is 4. The Morgan fingerprint density at radius 3 is 2.29 bits per heavy atom. The molecule has 3 N–H and O–H groups in total. The molecule has 0 saturated heterocycles. The molecule has 34 heavy (non-hydrogen) atoms. The molecule has 1 aromatic heterocycles. The summed E-state index contributed by atoms with van der Waals surface area (Å²) in [5.74, 6) is -7.87. The van der Waals surface area contributed by atoms with Crippen molar-refractivity contribution in [2.75, 3.05) is 5.32 Å². The molecule has 0 aliphatic heterocycles. The number of carbonyl (C=O) groups is 2. The lowest BCUT2D eigenvalue weighted by atomic mass is 10.1. The van der Waals surface area contributed by atoms with E-state index in [1.807, 2.05) is 0 Å². The number of aromatic nitrogens is 1. The Morgan fingerprint density at radius 2 is 1.68 bits per heavy atom. The van der Waals surface area contributed by atoms with Gasteiger partial charge in [0.05, 0.1) is 16.7 Å². The van der Waals surface area contributed by atoms with Gasteiger partial charge in [0.1, 0.15) is 23.0 Å². The maximum atomic E-state index is 14.0. The van der Waals surface area contributed by atoms with E-state index in [2.05, 4.69) is 10.3 Å². The molecule has 0 aliphatic carbocycles. The van der Waals surface area contributed by atoms with Crippen molar-refractivity contribution >= 4 is 17.5 Å². The zero-order valence-electron chi connectivity index (χ0n) is 17.2. The second kappa shape index (κ2) is 9.04. The van der Waals surface area contributed by atoms with Crippen LogP contribution in [0.3, 0.4) is 0 Å². The van der Waals surface area contributed by atoms with Gasteiger partial charge in [-0.1, -0.05) is 0 Å². The van der Waals surface area contributed by atoms with Crippen molar-refractivity contribution in [1.29, 1.82) is 0 Å². The van der Waals surface area contributed by atoms with Gasteiger partial charge in [-0.05, 0) is 48.5 Å². The van der Waals surface area contributed by atoms with Crippen LogP contribution in [-0.4, -0.2) is 16.8 Å². The first-order valence-electron chi connectivity index (χ1n) is 9.40. The molecule has 2 aromatic carbocycles. The Balaban J connectivity index is 2.06. The largest absolute Gasteiger partial charge is 0.456 e. The lowest BCUT2D eigenvalue weighted by molar-refractivity contribution is -0.137. The number of rotatable bonds is 6. The van der Waals surface area contributed by atoms with Gasteiger partial charge in [-0.25, -0.2) is 13.2 Å². The second-order valence-corrected chi connectivity index (χ2v) is 7.09. The number of primary amides is 1. The number of ether oxygens (including phenoxy) is 1. The van der Waals surface area contributed by atoms with Crippen molar-refractivity contribution in [3.8, 4) is 11.5 Å². The summed E-state index contributed by atoms with van der Waals surface area (Å²) in [4.78, 5) is 27.7. The summed E-state index contributed by atoms with van der Waals surface area (Å²) in [6.45, 7) is 0.453. The fourth-order valence-electron chi connectivity index (χ4n) is 2.86. The van der Waals surface area contributed by atoms with Crippen LogP contribution in [-0.2, 0) is 12.1 Å². The van der Waals surface area contributed by atoms with Crippen LogP contribution in [0.15, 0.2) is 54.7 Å². The standard InChI is InChI=1S/C22H15F6N3O3/c1-21(24,25)15-9-12(23)3-5-17(15)34-18-8-11(22(26,27)28)2-4-14(18)20(33)31-13-6-7-30-16(10-13)19(29)32/h2-10H,1H3,(H2,29,32)(H,30,31,33). The summed E-state index contributed by atoms with van der Waals surface area (Å²) < 4.78 is 86.5. The quantitative estimate of drug-likeness (QED) is 0.453. The summed E-state index contributed by atoms with van der Waals surface area (Å²) in [7, 11) is 0. The SMILES string of the molecule is CC(F)(F)c1cc(F)ccc1Oc1cc(C(F)(F)F)ccc1C(=O)Nc1ccnc(C(N)=O)c1. The maximum Gasteiger partial charge on any atom is 0.416 e. The van der Waals surface area contributed by atoms with Gasteiger partial charge in [0, 0.05) is 18.8 Å². The number of hydrogen-bond donors (Lipinski definition) is 2. The highest BCUT2D eigenvalue weighted by Gasteiger charge is 2.33. The fraction of sp³-hybridized carbons (Fsp3) is 0.136. The average Bonchev–Trinajstić information content (AvgIpc) is 2.73. The third-order valence-corrected chi connectivity index (χ3v) is 4.46. The number of benzene rings is 2. The number of anilines is 1. The molecule has 2 amide bonds. The summed E-state index contributed by atoms with van der Waals surface area (Å²) in [6.07, 6.45) is -3.68. The lowest BCUT2D eigenvalue weighted by Crippen LogP contribution is -2.17. The predicted molar refractivity (Wildman–Crippen MR) is 108 cm³/mol. The molecule has 0 spiro atoms. The van der Waals surface area contributed by atoms with Crippen LogP contribution in [0.1, 0.15) is 38.9 Å². The summed E-state index contributed by atoms with van der Waals surface area (Å²) in [6, 6.07) is 6.32. The van der Waals surface area contributed by atoms with E-state index in [1.165, 1.54) is 6.07 Å². The third kappa shape index (κ3) is 5.63. The van der Waals surface area contributed by atoms with Crippen LogP contribution in [0, 0.1) is 5.82 Å². The highest BCUT2D eigenvalue weighted by Crippen LogP contribution is 2.40. The number of amides is 2. The van der Waals surface area contributed by atoms with E-state index >= 15 is 0 Å². The van der Waals surface area contributed by atoms with E-state index in [0.29, 0.717) is 25.1 Å². The molecular formula is C22H15F6N3O3. The van der Waals surface area contributed by atoms with Crippen LogP contribution in [0.4, 0.5) is 32.0 Å². The van der Waals surface area contributed by atoms with Gasteiger partial charge in [0.25, 0.3) is 17.7 Å². The number of carbonyl (C=O) groups excluding carboxylic acids is 2. The molecule has 0 fully saturated rings. The molecule has 12 heteroatoms. The molecule has 0 radical (unpaired) electrons. The van der Waals surface area contributed by atoms with Gasteiger partial charge in [0.2, 0.25) is 0 Å². The predicted octanol–water partition coefficient (Wildman–Crippen LogP) is 5.49. The number of nitrogens with two attached hydrogens (primary N) is 1. The van der Waals surface area contributed by atoms with Crippen LogP contribution < -0.4 is 15.8 Å². The Kier molecular flexibility index (Phi) is 6.53. The van der Waals surface area contributed by atoms with E-state index in [9.17, 15) is 35.9 Å². The molecule has 6 nitrogen and oxygen atoms in total. The minimum Gasteiger partial charge on any atom is -0.456 e. The van der Waals surface area contributed by atoms with E-state index in [4.69, 9.17) is 10.5 Å². The Bertz CT molecular complexity index is 1260. The minimum atomic E-state index is -4.84. The Morgan fingerprint density at radius 1 is 0.971 bits per heavy atom. The lowest BCUT2D eigenvalue weighted by Gasteiger charge is -2.19. The van der Waals surface area contributed by atoms with Crippen LogP contribution in [0.25, 0.3) is 0 Å². The van der Waals surface area contributed by atoms with Crippen molar-refractivity contribution in [2.24, 2.45) is 5.73 Å². The van der Waals surface area contributed by atoms with Crippen LogP contribution in [0.5, 0.6) is 11.5 Å². The number of nitrogens with zero attached hydrogens (tertiary/aromatic N) is 1. The zero-order valence-corrected chi connectivity index (χ0v) is 17.2. The monoisotopic (exact) mass is 483 g/mol. The topological polar surface area (TPSA) is 94.3 Å². The molecule has 0 atom stereocenters. The molecule has 0 unspecified atom stereocenters. The van der Waals surface area contributed by atoms with E-state index in [1.54, 1.807) is 0 Å². The molecule has 178 valence electrons. The molecule has 1 heterocycles. The number of alkyl halides is 5. The van der Waals surface area contributed by atoms with Crippen molar-refractivity contribution in [3.63, 3.8) is 0 Å². The smallest absolute Gasteiger partial charge is 0.416 e. The second-order valence-electron chi connectivity index (χ2n) is 7.09. The first kappa shape index (κ1) is 24.6. The fourth-order valence-corrected chi connectivity index (χ4v) is 2.86. The van der Waals surface area contributed by atoms with Gasteiger partial charge < -0.3 is 15.8 Å². The van der Waals surface area contributed by atoms with Gasteiger partial charge in [-0.3, -0.25) is 14.6 Å². The van der Waals surface area contributed by atoms with Crippen molar-refractivity contribution in [3.05, 3.63) is 82.9 Å². The average molecular weight is 483 g/mol. The summed E-state index contributed by atoms with van der Waals surface area (Å²) in [5.41, 5.74) is 2.35. The maximum absolute atomic E-state index is 14.0. The van der Waals surface area contributed by atoms with Gasteiger partial charge in [-0.15, -0.1) is 0 Å². The van der Waals surface area contributed by atoms with Crippen molar-refractivity contribution in [2.45, 2.75) is 19.0 Å². The first-order chi connectivity index (χ1) is 15.8. The van der Waals surface area contributed by atoms with Gasteiger partial charge in [0.15, 0.2) is 0 Å². The van der Waals surface area contributed by atoms with E-state index in [0.717, 1.165) is 30.5 Å². The first-order valence-corrected chi connectivity index (χ1v) is 9.40. The minimum absolute atomic E-state index is 0.0298. The van der Waals surface area contributed by atoms with Crippen LogP contribution in [0.2, 0.25) is 0 Å². The zero-order chi connectivity index (χ0) is 25.3. The number of halogens is 6. The molecular weight excluding hydrogens is 468 g/mol. The summed E-state index contributed by atoms with van der Waals surface area (Å²) in [5, 5.41) is 2.34.